The molecule has 0 bridgehead atoms. The molecule has 0 aliphatic rings. The van der Waals surface area contributed by atoms with Crippen molar-refractivity contribution in [2.24, 2.45) is 0 Å². The number of likely N-dealkylation sites (N-methyl/N-ethyl adjacent to an activating group) is 1. The smallest absolute Gasteiger partial charge is 0.127 e. The van der Waals surface area contributed by atoms with Crippen LogP contribution in [0.4, 0.5) is 4.39 Å². The van der Waals surface area contributed by atoms with E-state index in [0.29, 0.717) is 12.0 Å². The lowest BCUT2D eigenvalue weighted by Crippen LogP contribution is -2.20. The van der Waals surface area contributed by atoms with Gasteiger partial charge in [0.2, 0.25) is 0 Å². The zero-order valence-electron chi connectivity index (χ0n) is 11.4. The lowest BCUT2D eigenvalue weighted by Gasteiger charge is -2.20. The Morgan fingerprint density at radius 1 is 1.10 bits per heavy atom. The van der Waals surface area contributed by atoms with Crippen LogP contribution in [0.15, 0.2) is 45.3 Å². The molecule has 2 aromatic rings. The fourth-order valence-corrected chi connectivity index (χ4v) is 2.97. The molecule has 0 fully saturated rings. The van der Waals surface area contributed by atoms with E-state index in [1.807, 2.05) is 25.2 Å². The Morgan fingerprint density at radius 3 is 2.40 bits per heavy atom. The van der Waals surface area contributed by atoms with Gasteiger partial charge in [-0.1, -0.05) is 44.0 Å². The van der Waals surface area contributed by atoms with Crippen molar-refractivity contribution < 1.29 is 4.39 Å². The second kappa shape index (κ2) is 6.83. The molecule has 2 rings (SSSR count). The monoisotopic (exact) mass is 399 g/mol. The molecule has 1 nitrogen and oxygen atoms in total. The predicted molar refractivity (Wildman–Crippen MR) is 88.5 cm³/mol. The minimum Gasteiger partial charge on any atom is -0.313 e. The Hall–Kier alpha value is -0.710. The van der Waals surface area contributed by atoms with Crippen LogP contribution in [0.25, 0.3) is 0 Å². The van der Waals surface area contributed by atoms with Crippen LogP contribution in [-0.2, 0) is 6.42 Å². The summed E-state index contributed by atoms with van der Waals surface area (Å²) < 4.78 is 15.8. The summed E-state index contributed by atoms with van der Waals surface area (Å²) >= 11 is 6.78. The molecule has 1 N–H and O–H groups in total. The van der Waals surface area contributed by atoms with Crippen LogP contribution < -0.4 is 5.32 Å². The first-order chi connectivity index (χ1) is 9.51. The molecule has 0 amide bonds. The normalized spacial score (nSPS) is 12.4. The SMILES string of the molecule is CNC(Cc1ccc(Br)cc1F)c1cc(Br)ccc1C. The van der Waals surface area contributed by atoms with Gasteiger partial charge in [-0.15, -0.1) is 0 Å². The van der Waals surface area contributed by atoms with Gasteiger partial charge in [0.25, 0.3) is 0 Å². The zero-order valence-corrected chi connectivity index (χ0v) is 14.6. The van der Waals surface area contributed by atoms with Gasteiger partial charge in [0.15, 0.2) is 0 Å². The summed E-state index contributed by atoms with van der Waals surface area (Å²) in [5, 5.41) is 3.28. The largest absolute Gasteiger partial charge is 0.313 e. The average Bonchev–Trinajstić information content (AvgIpc) is 2.41. The van der Waals surface area contributed by atoms with Crippen LogP contribution >= 0.6 is 31.9 Å². The molecule has 0 heterocycles. The first-order valence-electron chi connectivity index (χ1n) is 6.38. The highest BCUT2D eigenvalue weighted by molar-refractivity contribution is 9.10. The number of hydrogen-bond acceptors (Lipinski definition) is 1. The number of hydrogen-bond donors (Lipinski definition) is 1. The fraction of sp³-hybridized carbons (Fsp3) is 0.250. The van der Waals surface area contributed by atoms with Gasteiger partial charge in [0.05, 0.1) is 0 Å². The third-order valence-electron chi connectivity index (χ3n) is 3.40. The summed E-state index contributed by atoms with van der Waals surface area (Å²) in [5.41, 5.74) is 3.10. The molecule has 0 aromatic heterocycles. The van der Waals surface area contributed by atoms with Crippen LogP contribution in [0.5, 0.6) is 0 Å². The minimum absolute atomic E-state index is 0.0863. The molecule has 0 aliphatic heterocycles. The number of nitrogens with one attached hydrogen (secondary N) is 1. The molecule has 1 atom stereocenters. The molecular weight excluding hydrogens is 385 g/mol. The van der Waals surface area contributed by atoms with Crippen LogP contribution in [0.3, 0.4) is 0 Å². The zero-order chi connectivity index (χ0) is 14.7. The maximum atomic E-state index is 14.0. The van der Waals surface area contributed by atoms with E-state index in [0.717, 1.165) is 8.95 Å². The van der Waals surface area contributed by atoms with Gasteiger partial charge in [0.1, 0.15) is 5.82 Å². The summed E-state index contributed by atoms with van der Waals surface area (Å²) in [6, 6.07) is 11.5. The second-order valence-electron chi connectivity index (χ2n) is 4.78. The Balaban J connectivity index is 2.31. The number of benzene rings is 2. The Labute approximate surface area is 135 Å². The average molecular weight is 401 g/mol. The van der Waals surface area contributed by atoms with Crippen molar-refractivity contribution in [3.63, 3.8) is 0 Å². The van der Waals surface area contributed by atoms with E-state index in [9.17, 15) is 4.39 Å². The molecule has 106 valence electrons. The van der Waals surface area contributed by atoms with Gasteiger partial charge in [-0.3, -0.25) is 0 Å². The molecular formula is C16H16Br2FN. The molecule has 20 heavy (non-hydrogen) atoms. The minimum atomic E-state index is -0.174. The summed E-state index contributed by atoms with van der Waals surface area (Å²) in [4.78, 5) is 0. The van der Waals surface area contributed by atoms with Crippen LogP contribution in [-0.4, -0.2) is 7.05 Å². The van der Waals surface area contributed by atoms with Gasteiger partial charge in [-0.2, -0.15) is 0 Å². The number of halogens is 3. The lowest BCUT2D eigenvalue weighted by atomic mass is 9.95. The summed E-state index contributed by atoms with van der Waals surface area (Å²) in [5.74, 6) is -0.174. The van der Waals surface area contributed by atoms with Crippen LogP contribution in [0.1, 0.15) is 22.7 Å². The Kier molecular flexibility index (Phi) is 5.35. The summed E-state index contributed by atoms with van der Waals surface area (Å²) in [6.45, 7) is 2.07. The fourth-order valence-electron chi connectivity index (χ4n) is 2.26. The van der Waals surface area contributed by atoms with Crippen molar-refractivity contribution in [2.75, 3.05) is 7.05 Å². The van der Waals surface area contributed by atoms with Crippen molar-refractivity contribution in [3.05, 3.63) is 67.9 Å². The highest BCUT2D eigenvalue weighted by Crippen LogP contribution is 2.26. The maximum absolute atomic E-state index is 14.0. The third kappa shape index (κ3) is 3.68. The summed E-state index contributed by atoms with van der Waals surface area (Å²) in [7, 11) is 1.90. The second-order valence-corrected chi connectivity index (χ2v) is 6.61. The molecule has 2 aromatic carbocycles. The van der Waals surface area contributed by atoms with E-state index < -0.39 is 0 Å². The molecule has 0 spiro atoms. The summed E-state index contributed by atoms with van der Waals surface area (Å²) in [6.07, 6.45) is 0.618. The molecule has 0 aliphatic carbocycles. The van der Waals surface area contributed by atoms with Crippen LogP contribution in [0, 0.1) is 12.7 Å². The van der Waals surface area contributed by atoms with Gasteiger partial charge >= 0.3 is 0 Å². The Morgan fingerprint density at radius 2 is 1.75 bits per heavy atom. The van der Waals surface area contributed by atoms with E-state index in [1.165, 1.54) is 17.2 Å². The van der Waals surface area contributed by atoms with Crippen molar-refractivity contribution in [3.8, 4) is 0 Å². The quantitative estimate of drug-likeness (QED) is 0.747. The van der Waals surface area contributed by atoms with Crippen molar-refractivity contribution in [1.29, 1.82) is 0 Å². The van der Waals surface area contributed by atoms with E-state index in [4.69, 9.17) is 0 Å². The molecule has 4 heteroatoms. The number of aryl methyl sites for hydroxylation is 1. The van der Waals surface area contributed by atoms with Gasteiger partial charge in [-0.25, -0.2) is 4.39 Å². The van der Waals surface area contributed by atoms with E-state index in [1.54, 1.807) is 0 Å². The standard InChI is InChI=1S/C16H16Br2FN/c1-10-3-5-12(17)8-14(10)16(20-2)7-11-4-6-13(18)9-15(11)19/h3-6,8-9,16,20H,7H2,1-2H3. The molecule has 1 unspecified atom stereocenters. The van der Waals surface area contributed by atoms with E-state index in [2.05, 4.69) is 56.2 Å². The van der Waals surface area contributed by atoms with E-state index >= 15 is 0 Å². The lowest BCUT2D eigenvalue weighted by molar-refractivity contribution is 0.552. The van der Waals surface area contributed by atoms with Crippen molar-refractivity contribution >= 4 is 31.9 Å². The molecule has 0 radical (unpaired) electrons. The van der Waals surface area contributed by atoms with Crippen molar-refractivity contribution in [1.82, 2.24) is 5.32 Å². The first-order valence-corrected chi connectivity index (χ1v) is 7.97. The van der Waals surface area contributed by atoms with Crippen molar-refractivity contribution in [2.45, 2.75) is 19.4 Å². The Bertz CT molecular complexity index is 613. The van der Waals surface area contributed by atoms with Crippen LogP contribution in [0.2, 0.25) is 0 Å². The highest BCUT2D eigenvalue weighted by atomic mass is 79.9. The molecule has 0 saturated heterocycles. The van der Waals surface area contributed by atoms with Gasteiger partial charge < -0.3 is 5.32 Å². The first kappa shape index (κ1) is 15.7. The molecule has 0 saturated carbocycles. The van der Waals surface area contributed by atoms with Gasteiger partial charge in [-0.05, 0) is 61.3 Å². The topological polar surface area (TPSA) is 12.0 Å². The van der Waals surface area contributed by atoms with Gasteiger partial charge in [0, 0.05) is 15.0 Å². The number of rotatable bonds is 4. The maximum Gasteiger partial charge on any atom is 0.127 e. The predicted octanol–water partition coefficient (Wildman–Crippen LogP) is 5.16. The highest BCUT2D eigenvalue weighted by Gasteiger charge is 2.15. The third-order valence-corrected chi connectivity index (χ3v) is 4.39. The van der Waals surface area contributed by atoms with E-state index in [-0.39, 0.29) is 11.9 Å².